The Morgan fingerprint density at radius 3 is 1.65 bits per heavy atom. The third-order valence-corrected chi connectivity index (χ3v) is 16.4. The van der Waals surface area contributed by atoms with Crippen molar-refractivity contribution in [2.45, 2.75) is 136 Å². The number of fused-ring (bicyclic) bond motifs is 5. The molecule has 11 rings (SSSR count). The zero-order valence-electron chi connectivity index (χ0n) is 33.2. The van der Waals surface area contributed by atoms with E-state index in [2.05, 4.69) is 110 Å². The van der Waals surface area contributed by atoms with Crippen molar-refractivity contribution in [3.05, 3.63) is 93.6 Å². The Morgan fingerprint density at radius 1 is 0.673 bits per heavy atom. The third kappa shape index (κ3) is 5.63. The first-order valence-electron chi connectivity index (χ1n) is 20.7. The van der Waals surface area contributed by atoms with E-state index in [1.807, 2.05) is 16.7 Å². The summed E-state index contributed by atoms with van der Waals surface area (Å²) in [7, 11) is 0. The molecule has 5 atom stereocenters. The van der Waals surface area contributed by atoms with E-state index in [0.717, 1.165) is 41.4 Å². The van der Waals surface area contributed by atoms with Crippen molar-refractivity contribution >= 4 is 0 Å². The summed E-state index contributed by atoms with van der Waals surface area (Å²) in [5, 5.41) is 0. The minimum absolute atomic E-state index is 0. The summed E-state index contributed by atoms with van der Waals surface area (Å²) in [6.07, 6.45) is 22.8. The second kappa shape index (κ2) is 13.1. The zero-order valence-corrected chi connectivity index (χ0v) is 37.2. The van der Waals surface area contributed by atoms with Gasteiger partial charge in [0, 0.05) is 11.3 Å². The molecule has 9 aliphatic carbocycles. The molecule has 0 N–H and O–H groups in total. The van der Waals surface area contributed by atoms with Gasteiger partial charge in [0.05, 0.1) is 0 Å². The second-order valence-corrected chi connectivity index (χ2v) is 21.5. The normalized spacial score (nSPS) is 36.4. The Kier molecular flexibility index (Phi) is 9.91. The van der Waals surface area contributed by atoms with Crippen LogP contribution in [0.4, 0.5) is 0 Å². The van der Waals surface area contributed by atoms with Crippen molar-refractivity contribution in [1.29, 1.82) is 0 Å². The molecule has 0 spiro atoms. The smallest absolute Gasteiger partial charge is 1.00 e. The summed E-state index contributed by atoms with van der Waals surface area (Å²) >= 11 is 0. The van der Waals surface area contributed by atoms with Gasteiger partial charge < -0.3 is 24.8 Å². The molecule has 2 aromatic rings. The molecule has 3 heteroatoms. The van der Waals surface area contributed by atoms with Gasteiger partial charge in [-0.25, -0.2) is 0 Å². The summed E-state index contributed by atoms with van der Waals surface area (Å²) in [6.45, 7) is 19.6. The third-order valence-electron chi connectivity index (χ3n) is 16.4. The van der Waals surface area contributed by atoms with Gasteiger partial charge in [0.25, 0.3) is 0 Å². The fraction of sp³-hybridized carbons (Fsp3) is 0.633. The maximum atomic E-state index is 2.95. The van der Waals surface area contributed by atoms with Gasteiger partial charge in [0.1, 0.15) is 0 Å². The molecule has 0 aromatic heterocycles. The molecule has 9 aliphatic rings. The van der Waals surface area contributed by atoms with Gasteiger partial charge in [0.2, 0.25) is 0 Å². The van der Waals surface area contributed by atoms with Gasteiger partial charge in [-0.3, -0.25) is 0 Å². The number of hydrogen-bond donors (Lipinski definition) is 0. The minimum atomic E-state index is 0. The Labute approximate surface area is 347 Å². The zero-order chi connectivity index (χ0) is 33.8. The number of hydrogen-bond acceptors (Lipinski definition) is 0. The second-order valence-electron chi connectivity index (χ2n) is 21.5. The van der Waals surface area contributed by atoms with E-state index in [9.17, 15) is 0 Å². The number of benzene rings is 2. The monoisotopic (exact) mass is 810 g/mol. The van der Waals surface area contributed by atoms with Crippen LogP contribution in [-0.2, 0) is 37.0 Å². The Morgan fingerprint density at radius 2 is 1.21 bits per heavy atom. The van der Waals surface area contributed by atoms with Crippen LogP contribution in [0.5, 0.6) is 0 Å². The van der Waals surface area contributed by atoms with Crippen LogP contribution < -0.4 is 24.8 Å². The first kappa shape index (κ1) is 39.4. The SMILES string of the molecule is CC(C)C1(C2c3ccc(C(C)(C)C)cc3-c3cc(C(C)(C)C)ccc32)CC(C2CC3C=CC2C3)C2=C1C=C(C13CC4CC(CC(C4)C1)C3)C2.[Cl-].[Cl-].[Zr+2]. The predicted octanol–water partition coefficient (Wildman–Crippen LogP) is 7.12. The molecule has 2 aromatic carbocycles. The average Bonchev–Trinajstić information content (AvgIpc) is 3.85. The summed E-state index contributed by atoms with van der Waals surface area (Å²) in [5.41, 5.74) is 15.9. The summed E-state index contributed by atoms with van der Waals surface area (Å²) in [5.74, 6) is 7.26. The van der Waals surface area contributed by atoms with E-state index in [0.29, 0.717) is 17.3 Å². The summed E-state index contributed by atoms with van der Waals surface area (Å²) < 4.78 is 0. The Bertz CT molecular complexity index is 1740. The van der Waals surface area contributed by atoms with E-state index in [1.54, 1.807) is 11.1 Å². The molecule has 0 nitrogen and oxygen atoms in total. The van der Waals surface area contributed by atoms with Crippen LogP contribution in [0.15, 0.2) is 71.3 Å². The topological polar surface area (TPSA) is 0 Å². The molecule has 5 fully saturated rings. The van der Waals surface area contributed by atoms with Crippen LogP contribution in [-0.4, -0.2) is 0 Å². The molecule has 0 radical (unpaired) electrons. The maximum absolute atomic E-state index is 2.95. The van der Waals surface area contributed by atoms with Crippen molar-refractivity contribution in [3.63, 3.8) is 0 Å². The van der Waals surface area contributed by atoms with Crippen LogP contribution in [0.25, 0.3) is 11.1 Å². The molecular weight excluding hydrogens is 751 g/mol. The predicted molar refractivity (Wildman–Crippen MR) is 206 cm³/mol. The van der Waals surface area contributed by atoms with Crippen molar-refractivity contribution in [2.75, 3.05) is 0 Å². The van der Waals surface area contributed by atoms with Crippen LogP contribution in [0.3, 0.4) is 0 Å². The van der Waals surface area contributed by atoms with Gasteiger partial charge in [-0.1, -0.05) is 121 Å². The molecule has 6 bridgehead atoms. The standard InChI is InChI=1S/C49H62.2ClH.Zr/c1-28(2)49(45-37-13-11-34(46(3,4)5)20-40(37)41-21-35(47(6,7)8)12-14-38(41)45)27-43(39-19-29-9-10-33(39)18-29)42-22-36(23-44(42)49)48-24-30-15-31(25-48)17-32(16-30)26-48;;;/h9-14,20-21,23,28-33,39,43,45H,15-19,22,24-27H2,1-8H3;2*1H;/q;;;+2/p-2. The van der Waals surface area contributed by atoms with Crippen LogP contribution in [0.1, 0.15) is 148 Å². The number of halogens is 2. The summed E-state index contributed by atoms with van der Waals surface area (Å²) in [6, 6.07) is 15.4. The van der Waals surface area contributed by atoms with E-state index in [1.165, 1.54) is 86.5 Å². The summed E-state index contributed by atoms with van der Waals surface area (Å²) in [4.78, 5) is 0. The van der Waals surface area contributed by atoms with Crippen molar-refractivity contribution in [1.82, 2.24) is 0 Å². The van der Waals surface area contributed by atoms with Gasteiger partial charge in [0.15, 0.2) is 0 Å². The van der Waals surface area contributed by atoms with Crippen molar-refractivity contribution < 1.29 is 51.0 Å². The quantitative estimate of drug-likeness (QED) is 0.289. The number of allylic oxidation sites excluding steroid dienone is 6. The van der Waals surface area contributed by atoms with Crippen LogP contribution in [0.2, 0.25) is 0 Å². The maximum Gasteiger partial charge on any atom is 2.00 e. The molecule has 0 amide bonds. The Balaban J connectivity index is 0.00000140. The van der Waals surface area contributed by atoms with E-state index >= 15 is 0 Å². The largest absolute Gasteiger partial charge is 2.00 e. The first-order valence-corrected chi connectivity index (χ1v) is 20.7. The van der Waals surface area contributed by atoms with Crippen LogP contribution >= 0.6 is 0 Å². The molecule has 276 valence electrons. The molecular formula is C49H62Cl2Zr. The van der Waals surface area contributed by atoms with Crippen molar-refractivity contribution in [3.8, 4) is 11.1 Å². The van der Waals surface area contributed by atoms with Crippen molar-refractivity contribution in [2.24, 2.45) is 58.2 Å². The van der Waals surface area contributed by atoms with Gasteiger partial charge in [-0.15, -0.1) is 0 Å². The Hall–Kier alpha value is -0.877. The minimum Gasteiger partial charge on any atom is -1.00 e. The van der Waals surface area contributed by atoms with E-state index in [-0.39, 0.29) is 67.3 Å². The van der Waals surface area contributed by atoms with E-state index in [4.69, 9.17) is 0 Å². The molecule has 0 aliphatic heterocycles. The fourth-order valence-electron chi connectivity index (χ4n) is 14.4. The first-order chi connectivity index (χ1) is 23.2. The number of rotatable bonds is 4. The molecule has 0 heterocycles. The van der Waals surface area contributed by atoms with Gasteiger partial charge in [-0.2, -0.15) is 0 Å². The van der Waals surface area contributed by atoms with Gasteiger partial charge in [-0.05, 0) is 167 Å². The molecule has 5 saturated carbocycles. The molecule has 52 heavy (non-hydrogen) atoms. The average molecular weight is 813 g/mol. The molecule has 0 saturated heterocycles. The van der Waals surface area contributed by atoms with E-state index < -0.39 is 0 Å². The molecule has 5 unspecified atom stereocenters. The fourth-order valence-corrected chi connectivity index (χ4v) is 14.4. The van der Waals surface area contributed by atoms with Crippen LogP contribution in [0, 0.1) is 58.2 Å². The van der Waals surface area contributed by atoms with Gasteiger partial charge >= 0.3 is 26.2 Å².